The number of aliphatic hydroxyl groups is 1. The lowest BCUT2D eigenvalue weighted by Crippen LogP contribution is -2.46. The molecule has 1 amide bonds. The van der Waals surface area contributed by atoms with Crippen molar-refractivity contribution in [1.29, 1.82) is 0 Å². The Morgan fingerprint density at radius 2 is 2.32 bits per heavy atom. The van der Waals surface area contributed by atoms with Crippen LogP contribution >= 0.6 is 0 Å². The number of rotatable bonds is 8. The first-order valence-corrected chi connectivity index (χ1v) is 6.63. The SMILES string of the molecule is CN[C@@H](CC(C)C)C(=O)N(CCO)Cc1ncc[nH]1. The van der Waals surface area contributed by atoms with Gasteiger partial charge in [-0.1, -0.05) is 13.8 Å². The number of likely N-dealkylation sites (N-methyl/N-ethyl adjacent to an activating group) is 1. The fraction of sp³-hybridized carbons (Fsp3) is 0.692. The Labute approximate surface area is 114 Å². The van der Waals surface area contributed by atoms with Gasteiger partial charge in [-0.3, -0.25) is 4.79 Å². The summed E-state index contributed by atoms with van der Waals surface area (Å²) in [5, 5.41) is 12.2. The molecule has 1 heterocycles. The summed E-state index contributed by atoms with van der Waals surface area (Å²) in [7, 11) is 1.79. The van der Waals surface area contributed by atoms with E-state index < -0.39 is 0 Å². The average Bonchev–Trinajstić information content (AvgIpc) is 2.87. The molecule has 19 heavy (non-hydrogen) atoms. The van der Waals surface area contributed by atoms with Crippen LogP contribution in [0.15, 0.2) is 12.4 Å². The standard InChI is InChI=1S/C13H24N4O2/c1-10(2)8-11(14-3)13(19)17(6-7-18)9-12-15-4-5-16-12/h4-5,10-11,14,18H,6-9H2,1-3H3,(H,15,16)/t11-/m0/s1. The molecule has 0 saturated heterocycles. The Hall–Kier alpha value is -1.40. The molecule has 3 N–H and O–H groups in total. The van der Waals surface area contributed by atoms with Crippen LogP contribution in [0.25, 0.3) is 0 Å². The maximum atomic E-state index is 12.4. The Kier molecular flexibility index (Phi) is 6.52. The van der Waals surface area contributed by atoms with Gasteiger partial charge in [0.1, 0.15) is 5.82 Å². The second kappa shape index (κ2) is 7.91. The molecule has 6 nitrogen and oxygen atoms in total. The Balaban J connectivity index is 2.70. The molecule has 0 aliphatic rings. The van der Waals surface area contributed by atoms with E-state index in [2.05, 4.69) is 29.1 Å². The summed E-state index contributed by atoms with van der Waals surface area (Å²) < 4.78 is 0. The van der Waals surface area contributed by atoms with Crippen LogP contribution in [0.3, 0.4) is 0 Å². The first kappa shape index (κ1) is 15.7. The van der Waals surface area contributed by atoms with E-state index in [0.29, 0.717) is 19.0 Å². The third kappa shape index (κ3) is 5.00. The normalized spacial score (nSPS) is 12.7. The highest BCUT2D eigenvalue weighted by Gasteiger charge is 2.24. The van der Waals surface area contributed by atoms with E-state index in [1.165, 1.54) is 0 Å². The number of nitrogens with zero attached hydrogens (tertiary/aromatic N) is 2. The monoisotopic (exact) mass is 268 g/mol. The molecule has 0 aliphatic carbocycles. The van der Waals surface area contributed by atoms with E-state index in [0.717, 1.165) is 12.2 Å². The Morgan fingerprint density at radius 3 is 2.79 bits per heavy atom. The summed E-state index contributed by atoms with van der Waals surface area (Å²) in [4.78, 5) is 21.2. The number of hydrogen-bond acceptors (Lipinski definition) is 4. The van der Waals surface area contributed by atoms with E-state index in [-0.39, 0.29) is 18.6 Å². The highest BCUT2D eigenvalue weighted by Crippen LogP contribution is 2.09. The van der Waals surface area contributed by atoms with Crippen molar-refractivity contribution in [3.8, 4) is 0 Å². The van der Waals surface area contributed by atoms with Crippen LogP contribution in [0.4, 0.5) is 0 Å². The number of aromatic nitrogens is 2. The molecule has 1 atom stereocenters. The minimum atomic E-state index is -0.221. The molecular weight excluding hydrogens is 244 g/mol. The second-order valence-corrected chi connectivity index (χ2v) is 4.99. The zero-order valence-electron chi connectivity index (χ0n) is 11.9. The number of carbonyl (C=O) groups excluding carboxylic acids is 1. The van der Waals surface area contributed by atoms with Gasteiger partial charge in [0.2, 0.25) is 5.91 Å². The quantitative estimate of drug-likeness (QED) is 0.636. The third-order valence-corrected chi connectivity index (χ3v) is 2.93. The maximum Gasteiger partial charge on any atom is 0.240 e. The van der Waals surface area contributed by atoms with E-state index in [9.17, 15) is 4.79 Å². The lowest BCUT2D eigenvalue weighted by Gasteiger charge is -2.26. The van der Waals surface area contributed by atoms with Crippen molar-refractivity contribution in [3.63, 3.8) is 0 Å². The van der Waals surface area contributed by atoms with Gasteiger partial charge in [-0.15, -0.1) is 0 Å². The predicted molar refractivity (Wildman–Crippen MR) is 73.4 cm³/mol. The van der Waals surface area contributed by atoms with Crippen LogP contribution in [-0.4, -0.2) is 52.1 Å². The van der Waals surface area contributed by atoms with Crippen molar-refractivity contribution >= 4 is 5.91 Å². The largest absolute Gasteiger partial charge is 0.395 e. The van der Waals surface area contributed by atoms with Crippen LogP contribution in [0, 0.1) is 5.92 Å². The number of amides is 1. The lowest BCUT2D eigenvalue weighted by molar-refractivity contribution is -0.135. The van der Waals surface area contributed by atoms with Crippen molar-refractivity contribution in [2.45, 2.75) is 32.9 Å². The fourth-order valence-corrected chi connectivity index (χ4v) is 1.99. The van der Waals surface area contributed by atoms with Crippen molar-refractivity contribution in [2.24, 2.45) is 5.92 Å². The first-order valence-electron chi connectivity index (χ1n) is 6.63. The average molecular weight is 268 g/mol. The maximum absolute atomic E-state index is 12.4. The molecule has 6 heteroatoms. The van der Waals surface area contributed by atoms with Gasteiger partial charge in [-0.05, 0) is 19.4 Å². The molecule has 0 radical (unpaired) electrons. The van der Waals surface area contributed by atoms with Crippen molar-refractivity contribution < 1.29 is 9.90 Å². The van der Waals surface area contributed by atoms with Crippen LogP contribution in [0.5, 0.6) is 0 Å². The van der Waals surface area contributed by atoms with Crippen LogP contribution in [-0.2, 0) is 11.3 Å². The smallest absolute Gasteiger partial charge is 0.240 e. The highest BCUT2D eigenvalue weighted by atomic mass is 16.3. The van der Waals surface area contributed by atoms with Gasteiger partial charge in [0.25, 0.3) is 0 Å². The number of aromatic amines is 1. The van der Waals surface area contributed by atoms with E-state index >= 15 is 0 Å². The zero-order chi connectivity index (χ0) is 14.3. The summed E-state index contributed by atoms with van der Waals surface area (Å²) in [5.41, 5.74) is 0. The van der Waals surface area contributed by atoms with Gasteiger partial charge in [-0.2, -0.15) is 0 Å². The van der Waals surface area contributed by atoms with Crippen LogP contribution in [0.2, 0.25) is 0 Å². The fourth-order valence-electron chi connectivity index (χ4n) is 1.99. The van der Waals surface area contributed by atoms with Gasteiger partial charge in [-0.25, -0.2) is 4.98 Å². The Bertz CT molecular complexity index is 365. The molecule has 1 rings (SSSR count). The molecule has 0 saturated carbocycles. The topological polar surface area (TPSA) is 81.2 Å². The van der Waals surface area contributed by atoms with E-state index in [1.54, 1.807) is 24.3 Å². The summed E-state index contributed by atoms with van der Waals surface area (Å²) in [6.07, 6.45) is 4.15. The Morgan fingerprint density at radius 1 is 1.58 bits per heavy atom. The number of aliphatic hydroxyl groups excluding tert-OH is 1. The zero-order valence-corrected chi connectivity index (χ0v) is 11.9. The number of carbonyl (C=O) groups is 1. The molecule has 0 fully saturated rings. The molecule has 0 aliphatic heterocycles. The minimum Gasteiger partial charge on any atom is -0.395 e. The number of hydrogen-bond donors (Lipinski definition) is 3. The number of H-pyrrole nitrogens is 1. The molecule has 0 bridgehead atoms. The summed E-state index contributed by atoms with van der Waals surface area (Å²) in [6, 6.07) is -0.221. The van der Waals surface area contributed by atoms with Gasteiger partial charge >= 0.3 is 0 Å². The second-order valence-electron chi connectivity index (χ2n) is 4.99. The third-order valence-electron chi connectivity index (χ3n) is 2.93. The molecular formula is C13H24N4O2. The van der Waals surface area contributed by atoms with Gasteiger partial charge < -0.3 is 20.3 Å². The van der Waals surface area contributed by atoms with Crippen LogP contribution < -0.4 is 5.32 Å². The molecule has 1 aromatic heterocycles. The van der Waals surface area contributed by atoms with E-state index in [4.69, 9.17) is 5.11 Å². The summed E-state index contributed by atoms with van der Waals surface area (Å²) >= 11 is 0. The molecule has 1 aromatic rings. The van der Waals surface area contributed by atoms with Gasteiger partial charge in [0.05, 0.1) is 19.2 Å². The van der Waals surface area contributed by atoms with E-state index in [1.807, 2.05) is 0 Å². The van der Waals surface area contributed by atoms with Crippen LogP contribution in [0.1, 0.15) is 26.1 Å². The predicted octanol–water partition coefficient (Wildman–Crippen LogP) is 0.365. The number of nitrogens with one attached hydrogen (secondary N) is 2. The summed E-state index contributed by atoms with van der Waals surface area (Å²) in [6.45, 7) is 4.82. The lowest BCUT2D eigenvalue weighted by atomic mass is 10.0. The van der Waals surface area contributed by atoms with Gasteiger partial charge in [0, 0.05) is 18.9 Å². The highest BCUT2D eigenvalue weighted by molar-refractivity contribution is 5.81. The van der Waals surface area contributed by atoms with Crippen molar-refractivity contribution in [2.75, 3.05) is 20.2 Å². The van der Waals surface area contributed by atoms with Crippen molar-refractivity contribution in [1.82, 2.24) is 20.2 Å². The molecule has 108 valence electrons. The summed E-state index contributed by atoms with van der Waals surface area (Å²) in [5.74, 6) is 1.16. The minimum absolute atomic E-state index is 0.00153. The number of imidazole rings is 1. The molecule has 0 spiro atoms. The first-order chi connectivity index (χ1) is 9.08. The van der Waals surface area contributed by atoms with Crippen molar-refractivity contribution in [3.05, 3.63) is 18.2 Å². The van der Waals surface area contributed by atoms with Gasteiger partial charge in [0.15, 0.2) is 0 Å². The molecule has 0 unspecified atom stereocenters. The molecule has 0 aromatic carbocycles.